The third-order valence-electron chi connectivity index (χ3n) is 4.95. The summed E-state index contributed by atoms with van der Waals surface area (Å²) in [7, 11) is -3.08. The molecule has 2 aromatic rings. The second-order valence-corrected chi connectivity index (χ2v) is 9.76. The monoisotopic (exact) mass is 352 g/mol. The van der Waals surface area contributed by atoms with E-state index in [9.17, 15) is 13.5 Å². The Balaban J connectivity index is 1.45. The van der Waals surface area contributed by atoms with Crippen LogP contribution in [0.25, 0.3) is 10.2 Å². The Morgan fingerprint density at radius 2 is 1.91 bits per heavy atom. The van der Waals surface area contributed by atoms with Crippen LogP contribution in [0.2, 0.25) is 0 Å². The molecule has 5 nitrogen and oxygen atoms in total. The molecule has 124 valence electrons. The normalized spacial score (nSPS) is 29.3. The molecule has 3 heterocycles. The minimum atomic E-state index is -3.08. The second-order valence-electron chi connectivity index (χ2n) is 6.54. The van der Waals surface area contributed by atoms with E-state index in [0.717, 1.165) is 31.4 Å². The molecular weight excluding hydrogens is 332 g/mol. The van der Waals surface area contributed by atoms with Gasteiger partial charge in [0.15, 0.2) is 9.84 Å². The van der Waals surface area contributed by atoms with E-state index in [4.69, 9.17) is 4.98 Å². The van der Waals surface area contributed by atoms with Gasteiger partial charge in [-0.15, -0.1) is 11.3 Å². The van der Waals surface area contributed by atoms with Crippen LogP contribution in [0.3, 0.4) is 0 Å². The molecule has 2 atom stereocenters. The fourth-order valence-corrected chi connectivity index (χ4v) is 6.67. The van der Waals surface area contributed by atoms with Crippen LogP contribution in [0.4, 0.5) is 0 Å². The average Bonchev–Trinajstić information content (AvgIpc) is 3.07. The number of sulfone groups is 1. The molecule has 0 bridgehead atoms. The molecule has 0 spiro atoms. The summed E-state index contributed by atoms with van der Waals surface area (Å²) in [5.74, 6) is 0.453. The Bertz CT molecular complexity index is 777. The van der Waals surface area contributed by atoms with Crippen LogP contribution in [-0.4, -0.2) is 60.1 Å². The molecule has 4 rings (SSSR count). The van der Waals surface area contributed by atoms with E-state index in [-0.39, 0.29) is 17.5 Å². The number of aliphatic hydroxyl groups is 1. The summed E-state index contributed by atoms with van der Waals surface area (Å²) in [6.07, 6.45) is 1.21. The molecular formula is C16H20N2O3S2. The second kappa shape index (κ2) is 5.81. The van der Waals surface area contributed by atoms with Gasteiger partial charge in [0, 0.05) is 5.92 Å². The van der Waals surface area contributed by atoms with Crippen LogP contribution in [-0.2, 0) is 9.84 Å². The number of likely N-dealkylation sites (tertiary alicyclic amines) is 1. The van der Waals surface area contributed by atoms with Crippen molar-refractivity contribution in [2.24, 2.45) is 0 Å². The Labute approximate surface area is 139 Å². The number of aliphatic hydroxyl groups excluding tert-OH is 1. The zero-order valence-corrected chi connectivity index (χ0v) is 14.4. The molecule has 0 amide bonds. The fourth-order valence-electron chi connectivity index (χ4n) is 3.70. The molecule has 0 aliphatic carbocycles. The first-order chi connectivity index (χ1) is 11.0. The maximum Gasteiger partial charge on any atom is 0.154 e. The Hall–Kier alpha value is -1.02. The summed E-state index contributed by atoms with van der Waals surface area (Å²) < 4.78 is 24.6. The van der Waals surface area contributed by atoms with E-state index in [1.165, 1.54) is 9.71 Å². The van der Waals surface area contributed by atoms with E-state index < -0.39 is 15.9 Å². The Morgan fingerprint density at radius 3 is 2.57 bits per heavy atom. The molecule has 2 fully saturated rings. The summed E-state index contributed by atoms with van der Waals surface area (Å²) in [6, 6.07) is 7.97. The van der Waals surface area contributed by atoms with Crippen molar-refractivity contribution in [3.8, 4) is 0 Å². The minimum Gasteiger partial charge on any atom is -0.390 e. The Kier molecular flexibility index (Phi) is 3.91. The predicted octanol–water partition coefficient (Wildman–Crippen LogP) is 1.63. The number of nitrogens with zero attached hydrogens (tertiary/aromatic N) is 2. The standard InChI is InChI=1S/C16H20N2O3S2/c19-14-10-23(20,21)9-13(14)18-7-5-11(6-8-18)16-17-12-3-1-2-4-15(12)22-16/h1-4,11,13-14,19H,5-10H2/t13-,14-/m1/s1. The molecule has 1 aromatic carbocycles. The number of hydrogen-bond acceptors (Lipinski definition) is 6. The first-order valence-corrected chi connectivity index (χ1v) is 10.6. The molecule has 7 heteroatoms. The van der Waals surface area contributed by atoms with Crippen molar-refractivity contribution in [1.82, 2.24) is 9.88 Å². The van der Waals surface area contributed by atoms with Gasteiger partial charge in [-0.05, 0) is 38.1 Å². The molecule has 1 N–H and O–H groups in total. The van der Waals surface area contributed by atoms with E-state index in [1.54, 1.807) is 11.3 Å². The first kappa shape index (κ1) is 15.5. The molecule has 2 saturated heterocycles. The van der Waals surface area contributed by atoms with Crippen LogP contribution in [0.1, 0.15) is 23.8 Å². The maximum atomic E-state index is 11.7. The molecule has 2 aliphatic rings. The van der Waals surface area contributed by atoms with Gasteiger partial charge >= 0.3 is 0 Å². The van der Waals surface area contributed by atoms with Gasteiger partial charge < -0.3 is 5.11 Å². The van der Waals surface area contributed by atoms with E-state index >= 15 is 0 Å². The number of piperidine rings is 1. The number of benzene rings is 1. The lowest BCUT2D eigenvalue weighted by molar-refractivity contribution is 0.0664. The third-order valence-corrected chi connectivity index (χ3v) is 7.85. The highest BCUT2D eigenvalue weighted by molar-refractivity contribution is 7.91. The van der Waals surface area contributed by atoms with Gasteiger partial charge in [-0.2, -0.15) is 0 Å². The minimum absolute atomic E-state index is 0.0878. The van der Waals surface area contributed by atoms with Gasteiger partial charge in [-0.3, -0.25) is 4.90 Å². The highest BCUT2D eigenvalue weighted by Crippen LogP contribution is 2.35. The average molecular weight is 352 g/mol. The highest BCUT2D eigenvalue weighted by Gasteiger charge is 2.41. The topological polar surface area (TPSA) is 70.5 Å². The lowest BCUT2D eigenvalue weighted by atomic mass is 9.96. The van der Waals surface area contributed by atoms with Gasteiger partial charge in [0.25, 0.3) is 0 Å². The van der Waals surface area contributed by atoms with E-state index in [2.05, 4.69) is 11.0 Å². The highest BCUT2D eigenvalue weighted by atomic mass is 32.2. The van der Waals surface area contributed by atoms with Crippen molar-refractivity contribution in [2.75, 3.05) is 24.6 Å². The maximum absolute atomic E-state index is 11.7. The zero-order valence-electron chi connectivity index (χ0n) is 12.8. The summed E-state index contributed by atoms with van der Waals surface area (Å²) in [6.45, 7) is 1.66. The molecule has 0 saturated carbocycles. The lowest BCUT2D eigenvalue weighted by Gasteiger charge is -2.36. The van der Waals surface area contributed by atoms with Crippen molar-refractivity contribution < 1.29 is 13.5 Å². The van der Waals surface area contributed by atoms with Crippen molar-refractivity contribution in [3.63, 3.8) is 0 Å². The number of para-hydroxylation sites is 1. The first-order valence-electron chi connectivity index (χ1n) is 8.00. The third kappa shape index (κ3) is 3.03. The molecule has 0 radical (unpaired) electrons. The summed E-state index contributed by atoms with van der Waals surface area (Å²) >= 11 is 1.76. The predicted molar refractivity (Wildman–Crippen MR) is 91.6 cm³/mol. The van der Waals surface area contributed by atoms with Crippen molar-refractivity contribution in [2.45, 2.75) is 30.9 Å². The summed E-state index contributed by atoms with van der Waals surface area (Å²) in [5.41, 5.74) is 1.06. The number of fused-ring (bicyclic) bond motifs is 1. The van der Waals surface area contributed by atoms with Crippen molar-refractivity contribution in [3.05, 3.63) is 29.3 Å². The molecule has 2 aliphatic heterocycles. The van der Waals surface area contributed by atoms with E-state index in [1.807, 2.05) is 18.2 Å². The van der Waals surface area contributed by atoms with Crippen LogP contribution >= 0.6 is 11.3 Å². The van der Waals surface area contributed by atoms with Gasteiger partial charge in [0.1, 0.15) is 0 Å². The van der Waals surface area contributed by atoms with Crippen LogP contribution in [0.5, 0.6) is 0 Å². The van der Waals surface area contributed by atoms with Crippen LogP contribution < -0.4 is 0 Å². The Morgan fingerprint density at radius 1 is 1.17 bits per heavy atom. The van der Waals surface area contributed by atoms with E-state index in [0.29, 0.717) is 5.92 Å². The SMILES string of the molecule is O=S1(=O)C[C@@H](O)[C@H](N2CCC(c3nc4ccccc4s3)CC2)C1. The van der Waals surface area contributed by atoms with Gasteiger partial charge in [0.05, 0.1) is 38.9 Å². The molecule has 1 aromatic heterocycles. The number of hydrogen-bond donors (Lipinski definition) is 1. The quantitative estimate of drug-likeness (QED) is 0.890. The lowest BCUT2D eigenvalue weighted by Crippen LogP contribution is -2.46. The van der Waals surface area contributed by atoms with Crippen molar-refractivity contribution in [1.29, 1.82) is 0 Å². The van der Waals surface area contributed by atoms with Crippen LogP contribution in [0.15, 0.2) is 24.3 Å². The number of aromatic nitrogens is 1. The zero-order chi connectivity index (χ0) is 16.0. The summed E-state index contributed by atoms with van der Waals surface area (Å²) in [5, 5.41) is 11.2. The van der Waals surface area contributed by atoms with Gasteiger partial charge in [-0.25, -0.2) is 13.4 Å². The fraction of sp³-hybridized carbons (Fsp3) is 0.562. The number of thiazole rings is 1. The summed E-state index contributed by atoms with van der Waals surface area (Å²) in [4.78, 5) is 6.90. The van der Waals surface area contributed by atoms with Gasteiger partial charge in [-0.1, -0.05) is 12.1 Å². The van der Waals surface area contributed by atoms with Gasteiger partial charge in [0.2, 0.25) is 0 Å². The largest absolute Gasteiger partial charge is 0.390 e. The van der Waals surface area contributed by atoms with Crippen LogP contribution in [0, 0.1) is 0 Å². The molecule has 23 heavy (non-hydrogen) atoms. The number of rotatable bonds is 2. The smallest absolute Gasteiger partial charge is 0.154 e. The molecule has 0 unspecified atom stereocenters. The van der Waals surface area contributed by atoms with Crippen molar-refractivity contribution >= 4 is 31.4 Å².